The van der Waals surface area contributed by atoms with E-state index >= 15 is 0 Å². The van der Waals surface area contributed by atoms with E-state index in [2.05, 4.69) is 96.9 Å². The van der Waals surface area contributed by atoms with Gasteiger partial charge in [-0.1, -0.05) is 78.4 Å². The second-order valence-corrected chi connectivity index (χ2v) is 40.2. The maximum Gasteiger partial charge on any atom is 0.239 e. The van der Waals surface area contributed by atoms with Crippen molar-refractivity contribution >= 4 is 110 Å². The molecule has 8 atom stereocenters. The Morgan fingerprint density at radius 2 is 0.752 bits per heavy atom. The highest BCUT2D eigenvalue weighted by Gasteiger charge is 2.55. The second-order valence-electron chi connectivity index (χ2n) is 36.4. The highest BCUT2D eigenvalue weighted by atomic mass is 32.1. The molecule has 0 radical (unpaired) electrons. The van der Waals surface area contributed by atoms with Crippen LogP contribution in [-0.4, -0.2) is 156 Å². The van der Waals surface area contributed by atoms with E-state index < -0.39 is 33.9 Å². The van der Waals surface area contributed by atoms with Gasteiger partial charge in [0, 0.05) is 111 Å². The average Bonchev–Trinajstić information content (AvgIpc) is 1.74. The minimum absolute atomic E-state index is 0.0253. The van der Waals surface area contributed by atoms with Crippen molar-refractivity contribution in [3.8, 4) is 68.1 Å². The largest absolute Gasteiger partial charge is 0.372 e. The third kappa shape index (κ3) is 19.2. The summed E-state index contributed by atoms with van der Waals surface area (Å²) in [5.41, 5.74) is 34.8. The van der Waals surface area contributed by atoms with Crippen molar-refractivity contribution in [2.75, 3.05) is 72.4 Å². The van der Waals surface area contributed by atoms with Gasteiger partial charge in [0.05, 0.1) is 70.2 Å². The normalized spacial score (nSPS) is 23.5. The van der Waals surface area contributed by atoms with Gasteiger partial charge in [-0.2, -0.15) is 21.0 Å². The van der Waals surface area contributed by atoms with Crippen molar-refractivity contribution in [1.29, 1.82) is 21.0 Å². The van der Waals surface area contributed by atoms with Crippen LogP contribution in [0.25, 0.3) is 43.8 Å². The summed E-state index contributed by atoms with van der Waals surface area (Å²) < 4.78 is 14.0. The van der Waals surface area contributed by atoms with Gasteiger partial charge in [0.15, 0.2) is 23.8 Å². The first kappa shape index (κ1) is 94.2. The molecular formula is C103H108FN19O6S4. The zero-order valence-corrected chi connectivity index (χ0v) is 79.7. The first-order valence-electron chi connectivity index (χ1n) is 44.6. The molecular weight excluding hydrogens is 1750 g/mol. The van der Waals surface area contributed by atoms with Crippen LogP contribution in [-0.2, 0) is 50.9 Å². The number of likely N-dealkylation sites (N-methyl/N-ethyl adjacent to an activating group) is 1. The number of nitrogens with zero attached hydrogens (tertiary/aromatic N) is 15. The first-order chi connectivity index (χ1) is 63.6. The lowest BCUT2D eigenvalue weighted by Crippen LogP contribution is -2.57. The van der Waals surface area contributed by atoms with E-state index in [0.29, 0.717) is 54.4 Å². The molecule has 4 aromatic heterocycles. The predicted octanol–water partition coefficient (Wildman–Crippen LogP) is 16.5. The Hall–Kier alpha value is -13.5. The fraction of sp³-hybridized carbons (Fsp3) is 0.359. The third-order valence-electron chi connectivity index (χ3n) is 27.8. The molecule has 133 heavy (non-hydrogen) atoms. The van der Waals surface area contributed by atoms with Gasteiger partial charge in [-0.3, -0.25) is 48.4 Å². The zero-order valence-electron chi connectivity index (χ0n) is 76.4. The molecule has 10 aromatic rings. The smallest absolute Gasteiger partial charge is 0.239 e. The molecule has 8 aliphatic rings. The van der Waals surface area contributed by atoms with E-state index in [-0.39, 0.29) is 100 Å². The Labute approximate surface area is 791 Å². The van der Waals surface area contributed by atoms with E-state index in [0.717, 1.165) is 115 Å². The summed E-state index contributed by atoms with van der Waals surface area (Å²) in [7, 11) is 6.71. The van der Waals surface area contributed by atoms with Crippen molar-refractivity contribution in [3.05, 3.63) is 250 Å². The number of piperidine rings is 3. The van der Waals surface area contributed by atoms with Crippen LogP contribution in [0.15, 0.2) is 206 Å². The van der Waals surface area contributed by atoms with Crippen molar-refractivity contribution in [2.24, 2.45) is 78.4 Å². The number of nitriles is 4. The second kappa shape index (κ2) is 38.7. The van der Waals surface area contributed by atoms with Crippen LogP contribution >= 0.6 is 45.3 Å². The number of aryl methyl sites for hydroxylation is 1. The van der Waals surface area contributed by atoms with E-state index in [9.17, 15) is 54.2 Å². The summed E-state index contributed by atoms with van der Waals surface area (Å²) >= 11 is 6.16. The molecule has 18 rings (SSSR count). The molecule has 4 fully saturated rings. The lowest BCUT2D eigenvalue weighted by Gasteiger charge is -2.46. The standard InChI is InChI=1S/C29H31N5OS.C26H23FN4OS.2C24H27N5O2S/c1-19-7-9-24(10-8-19)34-13-11-21(12-14-34)26-27(35)33(3)28(31)32-29(26,2)25-16-23(18-36-25)22-6-4-5-20(15-22)17-30;1-26(22-10-9-21(33-22)19-11-15(14-28)12-20(27)13-19)23(24(32)31(2)25(29)30-26)18-7-5-17(6-8-18)16-3-4-16;2*1-15(30)29-9-7-17(8-10-29)21-22(31)28(3)23(26)27-24(21,2)20-12-19(14-32-20)18-6-4-5-16(11-18)13-25/h4-10,15-16,18,21,26H,11-14H2,1-3H3,(H2,31,32);5-13,16,23H,3-4H2,1-2H3,(H2,29,30);2*4-6,11-12,14,17,21H,7-10H2,1-3H3,(H2,26,27)/t26-,29+;23-,26-;21-,24+;21-,24-/m0101/s1. The molecule has 1 aliphatic carbocycles. The number of carbonyl (C=O) groups excluding carboxylic acids is 6. The molecule has 682 valence electrons. The molecule has 8 N–H and O–H groups in total. The molecule has 1 saturated carbocycles. The minimum Gasteiger partial charge on any atom is -0.372 e. The number of benzene rings is 6. The monoisotopic (exact) mass is 1850 g/mol. The molecule has 0 unspecified atom stereocenters. The average molecular weight is 1860 g/mol. The van der Waals surface area contributed by atoms with E-state index in [4.69, 9.17) is 42.9 Å². The van der Waals surface area contributed by atoms with Crippen LogP contribution < -0.4 is 27.8 Å². The quantitative estimate of drug-likeness (QED) is 0.0786. The van der Waals surface area contributed by atoms with Gasteiger partial charge in [0.25, 0.3) is 0 Å². The number of thiophene rings is 4. The minimum atomic E-state index is -0.914. The van der Waals surface area contributed by atoms with E-state index in [1.807, 2.05) is 126 Å². The summed E-state index contributed by atoms with van der Waals surface area (Å²) in [6.45, 7) is 17.7. The number of anilines is 1. The Balaban J connectivity index is 0.000000136. The van der Waals surface area contributed by atoms with Gasteiger partial charge in [-0.05, 0) is 273 Å². The number of likely N-dealkylation sites (tertiary alicyclic amines) is 2. The van der Waals surface area contributed by atoms with Gasteiger partial charge in [-0.25, -0.2) is 24.4 Å². The van der Waals surface area contributed by atoms with Crippen molar-refractivity contribution in [1.82, 2.24) is 29.4 Å². The summed E-state index contributed by atoms with van der Waals surface area (Å²) in [5.74, 6) is -0.0657. The number of hydrogen-bond donors (Lipinski definition) is 4. The molecule has 6 amide bonds. The number of guanidine groups is 4. The first-order valence-corrected chi connectivity index (χ1v) is 48.1. The van der Waals surface area contributed by atoms with Crippen LogP contribution in [0, 0.1) is 93.6 Å². The Morgan fingerprint density at radius 1 is 0.398 bits per heavy atom. The van der Waals surface area contributed by atoms with E-state index in [1.54, 1.807) is 100 Å². The zero-order chi connectivity index (χ0) is 94.9. The molecule has 30 heteroatoms. The molecule has 25 nitrogen and oxygen atoms in total. The fourth-order valence-electron chi connectivity index (χ4n) is 19.9. The van der Waals surface area contributed by atoms with E-state index in [1.165, 1.54) is 72.7 Å². The Morgan fingerprint density at radius 3 is 1.12 bits per heavy atom. The number of rotatable bonds is 14. The van der Waals surface area contributed by atoms with Gasteiger partial charge in [0.2, 0.25) is 35.4 Å². The van der Waals surface area contributed by atoms with Gasteiger partial charge < -0.3 is 37.6 Å². The highest BCUT2D eigenvalue weighted by molar-refractivity contribution is 7.15. The summed E-state index contributed by atoms with van der Waals surface area (Å²) in [6.07, 6.45) is 7.32. The van der Waals surface area contributed by atoms with Crippen LogP contribution in [0.3, 0.4) is 0 Å². The van der Waals surface area contributed by atoms with Crippen molar-refractivity contribution in [2.45, 2.75) is 134 Å². The molecule has 0 spiro atoms. The molecule has 6 aromatic carbocycles. The highest BCUT2D eigenvalue weighted by Crippen LogP contribution is 2.54. The maximum absolute atomic E-state index is 14.0. The number of nitrogens with two attached hydrogens (primary N) is 4. The van der Waals surface area contributed by atoms with Gasteiger partial charge >= 0.3 is 0 Å². The Kier molecular flexibility index (Phi) is 27.4. The third-order valence-corrected chi connectivity index (χ3v) is 32.7. The fourth-order valence-corrected chi connectivity index (χ4v) is 24.2. The topological polar surface area (TPSA) is 374 Å². The van der Waals surface area contributed by atoms with Crippen molar-refractivity contribution in [3.63, 3.8) is 0 Å². The number of carbonyl (C=O) groups is 6. The number of aliphatic imine (C=N–C) groups is 4. The Bertz CT molecular complexity index is 6280. The SMILES string of the molecule is CC(=O)N1CCC([C@@H]2C(=O)N(C)C(N)=N[C@]2(C)c2cc(-c3cccc(C#N)c3)cs2)CC1.CC(=O)N1CCC([C@H]2C(=O)N(C)C(N)=N[C@]2(C)c2cc(-c3cccc(C#N)c3)cs2)CC1.CN1C(=O)[C@@H](c2ccc(C3CC3)cc2)[C@@](C)(c2ccc(-c3cc(F)cc(C#N)c3)s2)N=C1N.Cc1ccc(N2CCC([C@H]3C(=O)N(C)C(N)=N[C@]3(C)c3cc(-c4cccc(C#N)c4)cs3)CC2)cc1. The molecule has 11 heterocycles. The summed E-state index contributed by atoms with van der Waals surface area (Å²) in [5, 5.41) is 43.1. The molecule has 3 saturated heterocycles. The predicted molar refractivity (Wildman–Crippen MR) is 523 cm³/mol. The number of hydrogen-bond acceptors (Lipinski definition) is 23. The van der Waals surface area contributed by atoms with Gasteiger partial charge in [-0.15, -0.1) is 45.3 Å². The molecule has 7 aliphatic heterocycles. The lowest BCUT2D eigenvalue weighted by molar-refractivity contribution is -0.139. The summed E-state index contributed by atoms with van der Waals surface area (Å²) in [4.78, 5) is 114. The van der Waals surface area contributed by atoms with Gasteiger partial charge in [0.1, 0.15) is 28.0 Å². The van der Waals surface area contributed by atoms with Crippen LogP contribution in [0.1, 0.15) is 163 Å². The summed E-state index contributed by atoms with van der Waals surface area (Å²) in [6, 6.07) is 62.4. The maximum atomic E-state index is 14.0. The van der Waals surface area contributed by atoms with Crippen LogP contribution in [0.5, 0.6) is 0 Å². The number of amides is 6. The van der Waals surface area contributed by atoms with Crippen LogP contribution in [0.4, 0.5) is 10.1 Å². The lowest BCUT2D eigenvalue weighted by atomic mass is 9.70. The molecule has 0 bridgehead atoms. The number of halogens is 1. The van der Waals surface area contributed by atoms with Crippen LogP contribution in [0.2, 0.25) is 0 Å². The van der Waals surface area contributed by atoms with Crippen molar-refractivity contribution < 1.29 is 33.2 Å².